The molecule has 1 fully saturated rings. The molecule has 2 atom stereocenters. The van der Waals surface area contributed by atoms with Gasteiger partial charge in [0, 0.05) is 18.2 Å². The zero-order valence-electron chi connectivity index (χ0n) is 7.93. The molecule has 2 rings (SSSR count). The van der Waals surface area contributed by atoms with Crippen LogP contribution in [-0.4, -0.2) is 26.0 Å². The summed E-state index contributed by atoms with van der Waals surface area (Å²) in [6.07, 6.45) is 3.14. The highest BCUT2D eigenvalue weighted by Crippen LogP contribution is 2.21. The zero-order valence-corrected chi connectivity index (χ0v) is 8.75. The van der Waals surface area contributed by atoms with E-state index in [4.69, 9.17) is 4.42 Å². The topological polar surface area (TPSA) is 59.3 Å². The van der Waals surface area contributed by atoms with E-state index in [1.807, 2.05) is 0 Å². The van der Waals surface area contributed by atoms with Crippen LogP contribution in [0, 0.1) is 0 Å². The first kappa shape index (κ1) is 9.73. The van der Waals surface area contributed by atoms with Crippen LogP contribution in [0.1, 0.15) is 18.5 Å². The molecule has 4 nitrogen and oxygen atoms in total. The highest BCUT2D eigenvalue weighted by atomic mass is 32.2. The first-order valence-electron chi connectivity index (χ1n) is 4.56. The summed E-state index contributed by atoms with van der Waals surface area (Å²) in [6.45, 7) is 2.24. The quantitative estimate of drug-likeness (QED) is 0.750. The number of hydrogen-bond donors (Lipinski definition) is 1. The van der Waals surface area contributed by atoms with Crippen LogP contribution in [0.2, 0.25) is 0 Å². The number of nitrogens with one attached hydrogen (secondary N) is 1. The third-order valence-corrected chi connectivity index (χ3v) is 4.80. The Morgan fingerprint density at radius 1 is 1.57 bits per heavy atom. The second-order valence-electron chi connectivity index (χ2n) is 3.66. The van der Waals surface area contributed by atoms with Gasteiger partial charge in [0.2, 0.25) is 0 Å². The van der Waals surface area contributed by atoms with E-state index in [2.05, 4.69) is 5.32 Å². The molecule has 2 unspecified atom stereocenters. The Morgan fingerprint density at radius 3 is 2.93 bits per heavy atom. The lowest BCUT2D eigenvalue weighted by molar-refractivity contribution is 0.495. The Hall–Kier alpha value is -0.810. The Labute approximate surface area is 83.2 Å². The van der Waals surface area contributed by atoms with Gasteiger partial charge in [0.25, 0.3) is 0 Å². The first-order valence-corrected chi connectivity index (χ1v) is 6.28. The van der Waals surface area contributed by atoms with E-state index in [-0.39, 0.29) is 17.0 Å². The molecule has 1 aliphatic heterocycles. The van der Waals surface area contributed by atoms with E-state index in [9.17, 15) is 8.42 Å². The minimum atomic E-state index is -2.94. The predicted octanol–water partition coefficient (Wildman–Crippen LogP) is 0.727. The van der Waals surface area contributed by atoms with Crippen LogP contribution in [0.15, 0.2) is 23.0 Å². The molecule has 1 aliphatic rings. The van der Waals surface area contributed by atoms with Crippen molar-refractivity contribution in [1.29, 1.82) is 0 Å². The smallest absolute Gasteiger partial charge is 0.156 e. The van der Waals surface area contributed by atoms with Gasteiger partial charge in [0.15, 0.2) is 9.84 Å². The second-order valence-corrected chi connectivity index (χ2v) is 6.12. The normalized spacial score (nSPS) is 31.5. The molecule has 1 aromatic heterocycles. The average molecular weight is 215 g/mol. The summed E-state index contributed by atoms with van der Waals surface area (Å²) >= 11 is 0. The largest absolute Gasteiger partial charge is 0.472 e. The maximum absolute atomic E-state index is 11.6. The predicted molar refractivity (Wildman–Crippen MR) is 52.7 cm³/mol. The van der Waals surface area contributed by atoms with E-state index in [1.165, 1.54) is 0 Å². The number of furan rings is 1. The molecule has 1 saturated heterocycles. The lowest BCUT2D eigenvalue weighted by atomic mass is 10.2. The number of sulfone groups is 1. The molecule has 5 heteroatoms. The van der Waals surface area contributed by atoms with Gasteiger partial charge in [0.1, 0.15) is 0 Å². The van der Waals surface area contributed by atoms with Crippen molar-refractivity contribution in [2.24, 2.45) is 0 Å². The van der Waals surface area contributed by atoms with Crippen LogP contribution in [0.5, 0.6) is 0 Å². The Kier molecular flexibility index (Phi) is 2.36. The Morgan fingerprint density at radius 2 is 2.36 bits per heavy atom. The van der Waals surface area contributed by atoms with Gasteiger partial charge >= 0.3 is 0 Å². The van der Waals surface area contributed by atoms with E-state index < -0.39 is 9.84 Å². The summed E-state index contributed by atoms with van der Waals surface area (Å²) in [5, 5.41) is 2.90. The van der Waals surface area contributed by atoms with E-state index >= 15 is 0 Å². The zero-order chi connectivity index (χ0) is 10.2. The molecular weight excluding hydrogens is 202 g/mol. The summed E-state index contributed by atoms with van der Waals surface area (Å²) in [6, 6.07) is 1.68. The fraction of sp³-hybridized carbons (Fsp3) is 0.556. The maximum atomic E-state index is 11.6. The van der Waals surface area contributed by atoms with Crippen LogP contribution in [-0.2, 0) is 9.84 Å². The highest BCUT2D eigenvalue weighted by Gasteiger charge is 2.31. The molecule has 2 heterocycles. The second kappa shape index (κ2) is 3.40. The summed E-state index contributed by atoms with van der Waals surface area (Å²) in [5.41, 5.74) is 0.903. The third-order valence-electron chi connectivity index (χ3n) is 2.61. The van der Waals surface area contributed by atoms with E-state index in [1.54, 1.807) is 25.5 Å². The monoisotopic (exact) mass is 215 g/mol. The molecule has 0 spiro atoms. The maximum Gasteiger partial charge on any atom is 0.156 e. The van der Waals surface area contributed by atoms with E-state index in [0.717, 1.165) is 5.56 Å². The molecule has 0 aromatic carbocycles. The molecule has 78 valence electrons. The van der Waals surface area contributed by atoms with Crippen molar-refractivity contribution in [2.75, 3.05) is 12.3 Å². The van der Waals surface area contributed by atoms with Gasteiger partial charge in [-0.1, -0.05) is 0 Å². The Bertz CT molecular complexity index is 396. The summed E-state index contributed by atoms with van der Waals surface area (Å²) in [5.74, 6) is 0.160. The molecule has 0 amide bonds. The first-order chi connectivity index (χ1) is 6.59. The van der Waals surface area contributed by atoms with Crippen LogP contribution in [0.3, 0.4) is 0 Å². The van der Waals surface area contributed by atoms with Crippen LogP contribution >= 0.6 is 0 Å². The summed E-state index contributed by atoms with van der Waals surface area (Å²) < 4.78 is 28.2. The van der Waals surface area contributed by atoms with Crippen molar-refractivity contribution in [3.05, 3.63) is 24.2 Å². The molecule has 1 aromatic rings. The van der Waals surface area contributed by atoms with Crippen LogP contribution < -0.4 is 5.32 Å². The molecule has 0 saturated carbocycles. The van der Waals surface area contributed by atoms with Gasteiger partial charge in [-0.05, 0) is 13.0 Å². The third kappa shape index (κ3) is 1.69. The molecular formula is C9H13NO3S. The lowest BCUT2D eigenvalue weighted by Gasteiger charge is -2.27. The van der Waals surface area contributed by atoms with Crippen molar-refractivity contribution in [1.82, 2.24) is 5.32 Å². The van der Waals surface area contributed by atoms with E-state index in [0.29, 0.717) is 6.54 Å². The lowest BCUT2D eigenvalue weighted by Crippen LogP contribution is -2.44. The summed E-state index contributed by atoms with van der Waals surface area (Å²) in [4.78, 5) is 0. The minimum absolute atomic E-state index is 0.116. The number of rotatable bonds is 1. The molecule has 14 heavy (non-hydrogen) atoms. The van der Waals surface area contributed by atoms with Gasteiger partial charge in [-0.2, -0.15) is 0 Å². The van der Waals surface area contributed by atoms with Gasteiger partial charge in [-0.3, -0.25) is 0 Å². The van der Waals surface area contributed by atoms with Crippen molar-refractivity contribution in [2.45, 2.75) is 18.2 Å². The average Bonchev–Trinajstić information content (AvgIpc) is 2.62. The Balaban J connectivity index is 2.19. The molecule has 1 N–H and O–H groups in total. The highest BCUT2D eigenvalue weighted by molar-refractivity contribution is 7.92. The fourth-order valence-electron chi connectivity index (χ4n) is 1.58. The van der Waals surface area contributed by atoms with Gasteiger partial charge in [-0.25, -0.2) is 8.42 Å². The van der Waals surface area contributed by atoms with Crippen molar-refractivity contribution < 1.29 is 12.8 Å². The molecule has 0 aliphatic carbocycles. The standard InChI is InChI=1S/C9H13NO3S/c1-7-4-10-9(6-14(7,11)12)8-2-3-13-5-8/h2-3,5,7,9-10H,4,6H2,1H3. The fourth-order valence-corrected chi connectivity index (χ4v) is 3.03. The van der Waals surface area contributed by atoms with Crippen LogP contribution in [0.4, 0.5) is 0 Å². The summed E-state index contributed by atoms with van der Waals surface area (Å²) in [7, 11) is -2.94. The SMILES string of the molecule is CC1CNC(c2ccoc2)CS1(=O)=O. The van der Waals surface area contributed by atoms with Crippen molar-refractivity contribution in [3.63, 3.8) is 0 Å². The van der Waals surface area contributed by atoms with Gasteiger partial charge < -0.3 is 9.73 Å². The van der Waals surface area contributed by atoms with Crippen LogP contribution in [0.25, 0.3) is 0 Å². The molecule has 0 bridgehead atoms. The van der Waals surface area contributed by atoms with Crippen molar-refractivity contribution >= 4 is 9.84 Å². The van der Waals surface area contributed by atoms with Crippen molar-refractivity contribution in [3.8, 4) is 0 Å². The van der Waals surface area contributed by atoms with Gasteiger partial charge in [0.05, 0.1) is 23.5 Å². The minimum Gasteiger partial charge on any atom is -0.472 e. The number of hydrogen-bond acceptors (Lipinski definition) is 4. The molecule has 0 radical (unpaired) electrons. The van der Waals surface area contributed by atoms with Gasteiger partial charge in [-0.15, -0.1) is 0 Å².